The van der Waals surface area contributed by atoms with Gasteiger partial charge in [-0.05, 0) is 25.0 Å². The molecule has 0 aliphatic heterocycles. The van der Waals surface area contributed by atoms with Crippen molar-refractivity contribution in [3.8, 4) is 11.5 Å². The van der Waals surface area contributed by atoms with Crippen LogP contribution >= 0.6 is 0 Å². The molecule has 24 heavy (non-hydrogen) atoms. The second-order valence-electron chi connectivity index (χ2n) is 5.44. The van der Waals surface area contributed by atoms with Crippen molar-refractivity contribution in [2.24, 2.45) is 0 Å². The zero-order chi connectivity index (χ0) is 17.5. The Balaban J connectivity index is 2.08. The zero-order valence-electron chi connectivity index (χ0n) is 12.3. The first-order valence-electron chi connectivity index (χ1n) is 7.08. The Kier molecular flexibility index (Phi) is 4.27. The summed E-state index contributed by atoms with van der Waals surface area (Å²) in [6.07, 6.45) is -0.509. The van der Waals surface area contributed by atoms with E-state index in [-0.39, 0.29) is 28.4 Å². The van der Waals surface area contributed by atoms with E-state index in [1.165, 1.54) is 6.07 Å². The van der Waals surface area contributed by atoms with E-state index in [0.717, 1.165) is 18.2 Å². The molecule has 128 valence electrons. The van der Waals surface area contributed by atoms with E-state index in [0.29, 0.717) is 18.1 Å². The minimum Gasteiger partial charge on any atom is -0.457 e. The van der Waals surface area contributed by atoms with E-state index in [4.69, 9.17) is 4.74 Å². The summed E-state index contributed by atoms with van der Waals surface area (Å²) in [5.74, 6) is -1.57. The van der Waals surface area contributed by atoms with Crippen LogP contribution in [0.25, 0.3) is 0 Å². The van der Waals surface area contributed by atoms with E-state index >= 15 is 0 Å². The molecule has 0 aromatic heterocycles. The lowest BCUT2D eigenvalue weighted by atomic mass is 10.1. The summed E-state index contributed by atoms with van der Waals surface area (Å²) in [5.41, 5.74) is 0.476. The van der Waals surface area contributed by atoms with Gasteiger partial charge >= 0.3 is 0 Å². The van der Waals surface area contributed by atoms with Gasteiger partial charge in [-0.2, -0.15) is 0 Å². The summed E-state index contributed by atoms with van der Waals surface area (Å²) in [5, 5.41) is 10.0. The lowest BCUT2D eigenvalue weighted by molar-refractivity contribution is 0.177. The molecule has 0 fully saturated rings. The lowest BCUT2D eigenvalue weighted by Gasteiger charge is -2.15. The van der Waals surface area contributed by atoms with Gasteiger partial charge in [0.05, 0.1) is 11.0 Å². The molecule has 1 atom stereocenters. The fourth-order valence-corrected chi connectivity index (χ4v) is 3.80. The third kappa shape index (κ3) is 2.99. The molecule has 0 heterocycles. The molecule has 1 N–H and O–H groups in total. The summed E-state index contributed by atoms with van der Waals surface area (Å²) >= 11 is 0. The molecule has 0 unspecified atom stereocenters. The SMILES string of the molecule is O=S(=O)(CF)c1ccc(Oc2cc(F)cc(F)c2)c2c1[C@H](O)CC2. The monoisotopic (exact) mass is 358 g/mol. The van der Waals surface area contributed by atoms with Crippen LogP contribution in [-0.2, 0) is 16.3 Å². The van der Waals surface area contributed by atoms with Gasteiger partial charge in [0.25, 0.3) is 0 Å². The van der Waals surface area contributed by atoms with Crippen LogP contribution in [0.2, 0.25) is 0 Å². The van der Waals surface area contributed by atoms with Crippen LogP contribution in [-0.4, -0.2) is 19.5 Å². The van der Waals surface area contributed by atoms with E-state index in [2.05, 4.69) is 0 Å². The van der Waals surface area contributed by atoms with Crippen LogP contribution in [0.3, 0.4) is 0 Å². The Hall–Kier alpha value is -2.06. The quantitative estimate of drug-likeness (QED) is 0.909. The average molecular weight is 358 g/mol. The molecule has 1 aliphatic carbocycles. The minimum absolute atomic E-state index is 0.0852. The first-order valence-corrected chi connectivity index (χ1v) is 8.73. The molecule has 2 aromatic rings. The van der Waals surface area contributed by atoms with Crippen molar-refractivity contribution in [2.45, 2.75) is 23.8 Å². The number of alkyl halides is 1. The number of benzene rings is 2. The van der Waals surface area contributed by atoms with E-state index < -0.39 is 33.6 Å². The second-order valence-corrected chi connectivity index (χ2v) is 7.33. The number of sulfone groups is 1. The van der Waals surface area contributed by atoms with Crippen molar-refractivity contribution in [1.29, 1.82) is 0 Å². The molecule has 2 aromatic carbocycles. The van der Waals surface area contributed by atoms with E-state index in [9.17, 15) is 26.7 Å². The Morgan fingerprint density at radius 3 is 2.46 bits per heavy atom. The fourth-order valence-electron chi connectivity index (χ4n) is 2.81. The van der Waals surface area contributed by atoms with E-state index in [1.807, 2.05) is 0 Å². The topological polar surface area (TPSA) is 63.6 Å². The molecule has 0 radical (unpaired) electrons. The number of hydrogen-bond acceptors (Lipinski definition) is 4. The van der Waals surface area contributed by atoms with Crippen LogP contribution in [0, 0.1) is 11.6 Å². The summed E-state index contributed by atoms with van der Waals surface area (Å²) < 4.78 is 68.4. The minimum atomic E-state index is -4.16. The summed E-state index contributed by atoms with van der Waals surface area (Å²) in [7, 11) is -4.16. The van der Waals surface area contributed by atoms with Gasteiger partial charge in [-0.1, -0.05) is 0 Å². The zero-order valence-corrected chi connectivity index (χ0v) is 13.1. The molecular formula is C16H13F3O4S. The molecule has 3 rings (SSSR count). The van der Waals surface area contributed by atoms with Crippen molar-refractivity contribution in [3.05, 3.63) is 53.1 Å². The summed E-state index contributed by atoms with van der Waals surface area (Å²) in [6, 6.07) is 3.50. The summed E-state index contributed by atoms with van der Waals surface area (Å²) in [6.45, 7) is 0. The molecule has 0 amide bonds. The molecule has 0 spiro atoms. The third-order valence-corrected chi connectivity index (χ3v) is 5.13. The largest absolute Gasteiger partial charge is 0.457 e. The van der Waals surface area contributed by atoms with E-state index in [1.54, 1.807) is 0 Å². The number of fused-ring (bicyclic) bond motifs is 1. The highest BCUT2D eigenvalue weighted by atomic mass is 32.2. The first kappa shape index (κ1) is 16.8. The van der Waals surface area contributed by atoms with Crippen LogP contribution in [0.1, 0.15) is 23.7 Å². The van der Waals surface area contributed by atoms with Gasteiger partial charge in [-0.25, -0.2) is 21.6 Å². The van der Waals surface area contributed by atoms with Gasteiger partial charge in [0.15, 0.2) is 6.01 Å². The average Bonchev–Trinajstić information content (AvgIpc) is 2.89. The van der Waals surface area contributed by atoms with Crippen molar-refractivity contribution < 1.29 is 31.4 Å². The third-order valence-electron chi connectivity index (χ3n) is 3.82. The number of halogens is 3. The predicted octanol–water partition coefficient (Wildman–Crippen LogP) is 3.44. The molecular weight excluding hydrogens is 345 g/mol. The molecule has 4 nitrogen and oxygen atoms in total. The number of hydrogen-bond donors (Lipinski definition) is 1. The number of rotatable bonds is 4. The highest BCUT2D eigenvalue weighted by Crippen LogP contribution is 2.42. The maximum atomic E-state index is 13.3. The Labute approximate surface area is 136 Å². The number of aliphatic hydroxyl groups excluding tert-OH is 1. The van der Waals surface area contributed by atoms with Gasteiger partial charge in [0.1, 0.15) is 23.1 Å². The number of aliphatic hydroxyl groups is 1. The molecule has 1 aliphatic rings. The van der Waals surface area contributed by atoms with Crippen molar-refractivity contribution in [1.82, 2.24) is 0 Å². The van der Waals surface area contributed by atoms with Crippen LogP contribution < -0.4 is 4.74 Å². The molecule has 0 saturated carbocycles. The highest BCUT2D eigenvalue weighted by molar-refractivity contribution is 7.91. The molecule has 8 heteroatoms. The highest BCUT2D eigenvalue weighted by Gasteiger charge is 2.32. The maximum absolute atomic E-state index is 13.3. The Morgan fingerprint density at radius 1 is 1.17 bits per heavy atom. The predicted molar refractivity (Wildman–Crippen MR) is 79.3 cm³/mol. The normalized spacial score (nSPS) is 16.9. The molecule has 0 bridgehead atoms. The summed E-state index contributed by atoms with van der Waals surface area (Å²) in [4.78, 5) is -0.289. The second kappa shape index (κ2) is 6.10. The van der Waals surface area contributed by atoms with Crippen molar-refractivity contribution in [3.63, 3.8) is 0 Å². The fraction of sp³-hybridized carbons (Fsp3) is 0.250. The first-order chi connectivity index (χ1) is 11.3. The van der Waals surface area contributed by atoms with Crippen LogP contribution in [0.15, 0.2) is 35.2 Å². The van der Waals surface area contributed by atoms with Gasteiger partial charge in [0, 0.05) is 29.3 Å². The standard InChI is InChI=1S/C16H13F3O4S/c17-8-24(21,22)15-4-3-14(12-1-2-13(20)16(12)15)23-11-6-9(18)5-10(19)7-11/h3-7,13,20H,1-2,8H2/t13-/m1/s1. The Morgan fingerprint density at radius 2 is 1.83 bits per heavy atom. The lowest BCUT2D eigenvalue weighted by Crippen LogP contribution is -2.09. The van der Waals surface area contributed by atoms with Gasteiger partial charge in [-0.15, -0.1) is 0 Å². The Bertz CT molecular complexity index is 876. The van der Waals surface area contributed by atoms with Crippen molar-refractivity contribution in [2.75, 3.05) is 6.01 Å². The smallest absolute Gasteiger partial charge is 0.207 e. The van der Waals surface area contributed by atoms with Crippen molar-refractivity contribution >= 4 is 9.84 Å². The van der Waals surface area contributed by atoms with Crippen LogP contribution in [0.5, 0.6) is 11.5 Å². The number of ether oxygens (including phenoxy) is 1. The maximum Gasteiger partial charge on any atom is 0.207 e. The van der Waals surface area contributed by atoms with Gasteiger partial charge in [-0.3, -0.25) is 0 Å². The van der Waals surface area contributed by atoms with Gasteiger partial charge < -0.3 is 9.84 Å². The van der Waals surface area contributed by atoms with Gasteiger partial charge in [0.2, 0.25) is 9.84 Å². The molecule has 0 saturated heterocycles. The van der Waals surface area contributed by atoms with Crippen LogP contribution in [0.4, 0.5) is 13.2 Å².